The largest absolute Gasteiger partial charge is 0.383 e. The molecule has 0 amide bonds. The van der Waals surface area contributed by atoms with E-state index >= 15 is 0 Å². The van der Waals surface area contributed by atoms with Crippen molar-refractivity contribution in [2.75, 3.05) is 33.4 Å². The van der Waals surface area contributed by atoms with Gasteiger partial charge in [0.05, 0.1) is 13.2 Å². The molecule has 20 heavy (non-hydrogen) atoms. The normalized spacial score (nSPS) is 20.4. The molecule has 0 aliphatic carbocycles. The maximum Gasteiger partial charge on any atom is 0.141 e. The highest BCUT2D eigenvalue weighted by atomic mass is 16.5. The van der Waals surface area contributed by atoms with Gasteiger partial charge >= 0.3 is 0 Å². The zero-order valence-electron chi connectivity index (χ0n) is 12.7. The minimum absolute atomic E-state index is 0.600. The van der Waals surface area contributed by atoms with Crippen molar-refractivity contribution in [2.45, 2.75) is 45.3 Å². The maximum absolute atomic E-state index is 5.08. The second-order valence-electron chi connectivity index (χ2n) is 5.31. The SMILES string of the molecule is CCn1ncnc1CN1CCCCC1CNCCOC. The summed E-state index contributed by atoms with van der Waals surface area (Å²) in [5, 5.41) is 7.74. The molecule has 1 fully saturated rings. The smallest absolute Gasteiger partial charge is 0.141 e. The lowest BCUT2D eigenvalue weighted by Crippen LogP contribution is -2.45. The first-order valence-electron chi connectivity index (χ1n) is 7.65. The summed E-state index contributed by atoms with van der Waals surface area (Å²) < 4.78 is 7.07. The number of piperidine rings is 1. The number of nitrogens with one attached hydrogen (secondary N) is 1. The Hall–Kier alpha value is -0.980. The molecule has 1 unspecified atom stereocenters. The van der Waals surface area contributed by atoms with E-state index in [1.165, 1.54) is 19.3 Å². The Morgan fingerprint density at radius 2 is 2.35 bits per heavy atom. The summed E-state index contributed by atoms with van der Waals surface area (Å²) in [6.07, 6.45) is 5.54. The highest BCUT2D eigenvalue weighted by molar-refractivity contribution is 4.88. The van der Waals surface area contributed by atoms with E-state index in [4.69, 9.17) is 4.74 Å². The van der Waals surface area contributed by atoms with Gasteiger partial charge in [-0.2, -0.15) is 5.10 Å². The number of hydrogen-bond donors (Lipinski definition) is 1. The van der Waals surface area contributed by atoms with Gasteiger partial charge in [0.15, 0.2) is 0 Å². The van der Waals surface area contributed by atoms with E-state index < -0.39 is 0 Å². The first kappa shape index (κ1) is 15.4. The van der Waals surface area contributed by atoms with Crippen LogP contribution >= 0.6 is 0 Å². The van der Waals surface area contributed by atoms with Crippen LogP contribution in [0.4, 0.5) is 0 Å². The highest BCUT2D eigenvalue weighted by Gasteiger charge is 2.23. The summed E-state index contributed by atoms with van der Waals surface area (Å²) in [6, 6.07) is 0.600. The Morgan fingerprint density at radius 1 is 1.45 bits per heavy atom. The van der Waals surface area contributed by atoms with Crippen LogP contribution in [0.25, 0.3) is 0 Å². The van der Waals surface area contributed by atoms with Crippen molar-refractivity contribution in [3.63, 3.8) is 0 Å². The van der Waals surface area contributed by atoms with E-state index in [-0.39, 0.29) is 0 Å². The second kappa shape index (κ2) is 8.34. The van der Waals surface area contributed by atoms with Crippen LogP contribution < -0.4 is 5.32 Å². The van der Waals surface area contributed by atoms with Crippen molar-refractivity contribution in [3.8, 4) is 0 Å². The van der Waals surface area contributed by atoms with Gasteiger partial charge in [-0.15, -0.1) is 0 Å². The summed E-state index contributed by atoms with van der Waals surface area (Å²) >= 11 is 0. The molecule has 1 saturated heterocycles. The molecule has 0 saturated carbocycles. The van der Waals surface area contributed by atoms with Crippen molar-refractivity contribution in [1.29, 1.82) is 0 Å². The number of nitrogens with zero attached hydrogens (tertiary/aromatic N) is 4. The quantitative estimate of drug-likeness (QED) is 0.717. The molecule has 114 valence electrons. The fraction of sp³-hybridized carbons (Fsp3) is 0.857. The van der Waals surface area contributed by atoms with Gasteiger partial charge in [-0.1, -0.05) is 6.42 Å². The molecular weight excluding hydrogens is 254 g/mol. The van der Waals surface area contributed by atoms with Crippen LogP contribution in [-0.4, -0.2) is 59.1 Å². The number of aromatic nitrogens is 3. The molecule has 2 rings (SSSR count). The number of hydrogen-bond acceptors (Lipinski definition) is 5. The Kier molecular flexibility index (Phi) is 6.42. The lowest BCUT2D eigenvalue weighted by atomic mass is 10.0. The molecule has 1 aromatic heterocycles. The number of rotatable bonds is 8. The zero-order chi connectivity index (χ0) is 14.2. The third-order valence-electron chi connectivity index (χ3n) is 3.95. The van der Waals surface area contributed by atoms with Gasteiger partial charge in [0.25, 0.3) is 0 Å². The molecule has 1 aliphatic heterocycles. The summed E-state index contributed by atoms with van der Waals surface area (Å²) in [7, 11) is 1.74. The van der Waals surface area contributed by atoms with E-state index in [0.717, 1.165) is 45.2 Å². The van der Waals surface area contributed by atoms with Gasteiger partial charge in [0.2, 0.25) is 0 Å². The fourth-order valence-corrected chi connectivity index (χ4v) is 2.80. The van der Waals surface area contributed by atoms with Crippen LogP contribution in [0.5, 0.6) is 0 Å². The summed E-state index contributed by atoms with van der Waals surface area (Å²) in [5.74, 6) is 1.08. The molecule has 1 atom stereocenters. The first-order valence-corrected chi connectivity index (χ1v) is 7.65. The van der Waals surface area contributed by atoms with Crippen molar-refractivity contribution < 1.29 is 4.74 Å². The van der Waals surface area contributed by atoms with Gasteiger partial charge in [-0.3, -0.25) is 4.90 Å². The highest BCUT2D eigenvalue weighted by Crippen LogP contribution is 2.18. The van der Waals surface area contributed by atoms with Crippen LogP contribution in [0.1, 0.15) is 32.0 Å². The third-order valence-corrected chi connectivity index (χ3v) is 3.95. The Labute approximate surface area is 121 Å². The van der Waals surface area contributed by atoms with Crippen LogP contribution in [0, 0.1) is 0 Å². The average Bonchev–Trinajstić information content (AvgIpc) is 2.92. The first-order chi connectivity index (χ1) is 9.85. The molecule has 0 spiro atoms. The predicted octanol–water partition coefficient (Wildman–Crippen LogP) is 0.889. The van der Waals surface area contributed by atoms with Gasteiger partial charge in [-0.25, -0.2) is 9.67 Å². The molecule has 6 nitrogen and oxygen atoms in total. The number of aryl methyl sites for hydroxylation is 1. The van der Waals surface area contributed by atoms with Crippen molar-refractivity contribution in [2.24, 2.45) is 0 Å². The third kappa shape index (κ3) is 4.26. The van der Waals surface area contributed by atoms with Crippen molar-refractivity contribution in [1.82, 2.24) is 25.0 Å². The maximum atomic E-state index is 5.08. The lowest BCUT2D eigenvalue weighted by Gasteiger charge is -2.35. The van der Waals surface area contributed by atoms with E-state index in [9.17, 15) is 0 Å². The van der Waals surface area contributed by atoms with Gasteiger partial charge < -0.3 is 10.1 Å². The molecule has 6 heteroatoms. The molecular formula is C14H27N5O. The van der Waals surface area contributed by atoms with Gasteiger partial charge in [-0.05, 0) is 26.3 Å². The minimum atomic E-state index is 0.600. The minimum Gasteiger partial charge on any atom is -0.383 e. The van der Waals surface area contributed by atoms with E-state index in [2.05, 4.69) is 27.2 Å². The van der Waals surface area contributed by atoms with Crippen molar-refractivity contribution in [3.05, 3.63) is 12.2 Å². The molecule has 1 aliphatic rings. The number of likely N-dealkylation sites (tertiary alicyclic amines) is 1. The number of methoxy groups -OCH3 is 1. The van der Waals surface area contributed by atoms with Crippen LogP contribution in [-0.2, 0) is 17.8 Å². The van der Waals surface area contributed by atoms with E-state index in [0.29, 0.717) is 6.04 Å². The fourth-order valence-electron chi connectivity index (χ4n) is 2.80. The molecule has 1 aromatic rings. The van der Waals surface area contributed by atoms with Crippen molar-refractivity contribution >= 4 is 0 Å². The Balaban J connectivity index is 1.86. The van der Waals surface area contributed by atoms with Gasteiger partial charge in [0, 0.05) is 32.8 Å². The summed E-state index contributed by atoms with van der Waals surface area (Å²) in [4.78, 5) is 6.94. The predicted molar refractivity (Wildman–Crippen MR) is 78.5 cm³/mol. The van der Waals surface area contributed by atoms with Crippen LogP contribution in [0.3, 0.4) is 0 Å². The van der Waals surface area contributed by atoms with E-state index in [1.807, 2.05) is 4.68 Å². The Morgan fingerprint density at radius 3 is 3.15 bits per heavy atom. The topological polar surface area (TPSA) is 55.2 Å². The Bertz CT molecular complexity index is 381. The molecule has 0 radical (unpaired) electrons. The monoisotopic (exact) mass is 281 g/mol. The molecule has 1 N–H and O–H groups in total. The second-order valence-corrected chi connectivity index (χ2v) is 5.31. The van der Waals surface area contributed by atoms with Crippen LogP contribution in [0.15, 0.2) is 6.33 Å². The van der Waals surface area contributed by atoms with Crippen LogP contribution in [0.2, 0.25) is 0 Å². The molecule has 0 bridgehead atoms. The lowest BCUT2D eigenvalue weighted by molar-refractivity contribution is 0.128. The standard InChI is InChI=1S/C14H27N5O/c1-3-19-14(16-12-17-19)11-18-8-5-4-6-13(18)10-15-7-9-20-2/h12-13,15H,3-11H2,1-2H3. The van der Waals surface area contributed by atoms with Gasteiger partial charge in [0.1, 0.15) is 12.2 Å². The molecule has 2 heterocycles. The summed E-state index contributed by atoms with van der Waals surface area (Å²) in [6.45, 7) is 7.79. The summed E-state index contributed by atoms with van der Waals surface area (Å²) in [5.41, 5.74) is 0. The van der Waals surface area contributed by atoms with E-state index in [1.54, 1.807) is 13.4 Å². The molecule has 0 aromatic carbocycles. The zero-order valence-corrected chi connectivity index (χ0v) is 12.7. The number of ether oxygens (including phenoxy) is 1. The average molecular weight is 281 g/mol.